The predicted octanol–water partition coefficient (Wildman–Crippen LogP) is 5.41. The van der Waals surface area contributed by atoms with E-state index in [1.807, 2.05) is 12.1 Å². The van der Waals surface area contributed by atoms with Crippen molar-refractivity contribution in [3.05, 3.63) is 95.6 Å². The van der Waals surface area contributed by atoms with E-state index in [4.69, 9.17) is 4.74 Å². The zero-order valence-electron chi connectivity index (χ0n) is 17.5. The highest BCUT2D eigenvalue weighted by atomic mass is 16.5. The molecule has 0 bridgehead atoms. The lowest BCUT2D eigenvalue weighted by Crippen LogP contribution is -2.07. The van der Waals surface area contributed by atoms with E-state index in [1.165, 1.54) is 12.1 Å². The standard InChI is InChI=1S/C25H22N2O5/c1-16(2)25(31)32-13-12-17-8-10-19(11-9-17)26-27-20-14-21(24(30)22(28)15-20)23(29)18-6-4-3-5-7-18/h3-11,14-15,28,30H,1,12-13H2,2H3. The number of nitrogens with zero attached hydrogens (tertiary/aromatic N) is 2. The molecule has 0 aliphatic carbocycles. The van der Waals surface area contributed by atoms with E-state index < -0.39 is 23.3 Å². The van der Waals surface area contributed by atoms with E-state index in [0.29, 0.717) is 23.2 Å². The first-order valence-electron chi connectivity index (χ1n) is 9.84. The average molecular weight is 430 g/mol. The van der Waals surface area contributed by atoms with Gasteiger partial charge in [-0.1, -0.05) is 49.0 Å². The van der Waals surface area contributed by atoms with Crippen LogP contribution in [0.15, 0.2) is 89.1 Å². The molecule has 0 spiro atoms. The molecule has 0 aliphatic heterocycles. The topological polar surface area (TPSA) is 109 Å². The Bertz CT molecular complexity index is 1170. The number of hydrogen-bond acceptors (Lipinski definition) is 7. The SMILES string of the molecule is C=C(C)C(=O)OCCc1ccc(N=Nc2cc(O)c(O)c(C(=O)c3ccccc3)c2)cc1. The van der Waals surface area contributed by atoms with E-state index in [1.54, 1.807) is 49.4 Å². The van der Waals surface area contributed by atoms with Crippen LogP contribution in [0.2, 0.25) is 0 Å². The number of phenols is 2. The molecule has 0 aromatic heterocycles. The number of ether oxygens (including phenoxy) is 1. The maximum Gasteiger partial charge on any atom is 0.333 e. The summed E-state index contributed by atoms with van der Waals surface area (Å²) in [4.78, 5) is 24.1. The lowest BCUT2D eigenvalue weighted by molar-refractivity contribution is -0.138. The molecule has 0 aliphatic rings. The van der Waals surface area contributed by atoms with Gasteiger partial charge in [-0.25, -0.2) is 4.79 Å². The van der Waals surface area contributed by atoms with Crippen molar-refractivity contribution in [3.63, 3.8) is 0 Å². The van der Waals surface area contributed by atoms with Crippen molar-refractivity contribution in [2.75, 3.05) is 6.61 Å². The van der Waals surface area contributed by atoms with Crippen molar-refractivity contribution in [1.29, 1.82) is 0 Å². The van der Waals surface area contributed by atoms with Gasteiger partial charge in [-0.15, -0.1) is 0 Å². The van der Waals surface area contributed by atoms with Gasteiger partial charge in [-0.3, -0.25) is 4.79 Å². The maximum absolute atomic E-state index is 12.7. The molecule has 0 saturated heterocycles. The zero-order chi connectivity index (χ0) is 23.1. The third-order valence-electron chi connectivity index (χ3n) is 4.54. The number of aromatic hydroxyl groups is 2. The fourth-order valence-electron chi connectivity index (χ4n) is 2.81. The molecule has 7 heteroatoms. The van der Waals surface area contributed by atoms with Crippen molar-refractivity contribution in [2.45, 2.75) is 13.3 Å². The molecule has 162 valence electrons. The summed E-state index contributed by atoms with van der Waals surface area (Å²) >= 11 is 0. The molecular weight excluding hydrogens is 408 g/mol. The molecule has 3 rings (SSSR count). The monoisotopic (exact) mass is 430 g/mol. The number of phenolic OH excluding ortho intramolecular Hbond substituents is 2. The van der Waals surface area contributed by atoms with E-state index in [-0.39, 0.29) is 17.9 Å². The molecule has 0 amide bonds. The summed E-state index contributed by atoms with van der Waals surface area (Å²) in [5.74, 6) is -1.82. The van der Waals surface area contributed by atoms with Gasteiger partial charge in [0.15, 0.2) is 17.3 Å². The summed E-state index contributed by atoms with van der Waals surface area (Å²) in [5.41, 5.74) is 2.39. The molecule has 2 N–H and O–H groups in total. The Kier molecular flexibility index (Phi) is 7.13. The number of azo groups is 1. The van der Waals surface area contributed by atoms with E-state index in [9.17, 15) is 19.8 Å². The van der Waals surface area contributed by atoms with Crippen LogP contribution < -0.4 is 0 Å². The van der Waals surface area contributed by atoms with Crippen molar-refractivity contribution < 1.29 is 24.5 Å². The first-order chi connectivity index (χ1) is 15.3. The number of benzene rings is 3. The molecular formula is C25H22N2O5. The van der Waals surface area contributed by atoms with Gasteiger partial charge in [0, 0.05) is 23.6 Å². The molecule has 0 heterocycles. The van der Waals surface area contributed by atoms with E-state index in [0.717, 1.165) is 5.56 Å². The average Bonchev–Trinajstić information content (AvgIpc) is 2.80. The third-order valence-corrected chi connectivity index (χ3v) is 4.54. The van der Waals surface area contributed by atoms with Crippen LogP contribution in [0.1, 0.15) is 28.4 Å². The number of esters is 1. The van der Waals surface area contributed by atoms with Gasteiger partial charge < -0.3 is 14.9 Å². The minimum Gasteiger partial charge on any atom is -0.504 e. The molecule has 0 unspecified atom stereocenters. The molecule has 0 radical (unpaired) electrons. The lowest BCUT2D eigenvalue weighted by Gasteiger charge is -2.07. The van der Waals surface area contributed by atoms with Crippen molar-refractivity contribution in [2.24, 2.45) is 10.2 Å². The summed E-state index contributed by atoms with van der Waals surface area (Å²) in [6, 6.07) is 18.2. The van der Waals surface area contributed by atoms with Gasteiger partial charge in [-0.2, -0.15) is 10.2 Å². The van der Waals surface area contributed by atoms with Crippen molar-refractivity contribution >= 4 is 23.1 Å². The minimum absolute atomic E-state index is 0.0650. The fraction of sp³-hybridized carbons (Fsp3) is 0.120. The third kappa shape index (κ3) is 5.66. The molecule has 0 saturated carbocycles. The Morgan fingerprint density at radius 2 is 1.59 bits per heavy atom. The molecule has 0 atom stereocenters. The first-order valence-corrected chi connectivity index (χ1v) is 9.84. The Labute approximate surface area is 185 Å². The van der Waals surface area contributed by atoms with Crippen molar-refractivity contribution in [3.8, 4) is 11.5 Å². The minimum atomic E-state index is -0.505. The Hall–Kier alpha value is -4.26. The number of hydrogen-bond donors (Lipinski definition) is 2. The molecule has 3 aromatic rings. The summed E-state index contributed by atoms with van der Waals surface area (Å²) in [7, 11) is 0. The maximum atomic E-state index is 12.7. The summed E-state index contributed by atoms with van der Waals surface area (Å²) in [6.45, 7) is 5.37. The molecule has 3 aromatic carbocycles. The second-order valence-corrected chi connectivity index (χ2v) is 7.09. The number of carbonyl (C=O) groups excluding carboxylic acids is 2. The summed E-state index contributed by atoms with van der Waals surface area (Å²) < 4.78 is 5.07. The smallest absolute Gasteiger partial charge is 0.333 e. The molecule has 0 fully saturated rings. The first kappa shape index (κ1) is 22.4. The van der Waals surface area contributed by atoms with Gasteiger partial charge in [0.05, 0.1) is 23.5 Å². The van der Waals surface area contributed by atoms with Gasteiger partial charge in [-0.05, 0) is 30.7 Å². The van der Waals surface area contributed by atoms with Crippen LogP contribution in [0.4, 0.5) is 11.4 Å². The number of carbonyl (C=O) groups is 2. The largest absolute Gasteiger partial charge is 0.504 e. The van der Waals surface area contributed by atoms with E-state index in [2.05, 4.69) is 16.8 Å². The quantitative estimate of drug-likeness (QED) is 0.163. The second-order valence-electron chi connectivity index (χ2n) is 7.09. The summed E-state index contributed by atoms with van der Waals surface area (Å²) in [5, 5.41) is 28.3. The Morgan fingerprint density at radius 1 is 0.938 bits per heavy atom. The Morgan fingerprint density at radius 3 is 2.25 bits per heavy atom. The van der Waals surface area contributed by atoms with E-state index >= 15 is 0 Å². The van der Waals surface area contributed by atoms with Gasteiger partial charge in [0.2, 0.25) is 0 Å². The summed E-state index contributed by atoms with van der Waals surface area (Å²) in [6.07, 6.45) is 0.549. The van der Waals surface area contributed by atoms with Crippen LogP contribution in [0.3, 0.4) is 0 Å². The van der Waals surface area contributed by atoms with Gasteiger partial charge in [0.1, 0.15) is 0 Å². The highest BCUT2D eigenvalue weighted by Gasteiger charge is 2.17. The van der Waals surface area contributed by atoms with Crippen LogP contribution in [0, 0.1) is 0 Å². The lowest BCUT2D eigenvalue weighted by atomic mass is 10.0. The highest BCUT2D eigenvalue weighted by molar-refractivity contribution is 6.11. The molecule has 7 nitrogen and oxygen atoms in total. The van der Waals surface area contributed by atoms with Crippen LogP contribution in [-0.4, -0.2) is 28.6 Å². The predicted molar refractivity (Wildman–Crippen MR) is 120 cm³/mol. The zero-order valence-corrected chi connectivity index (χ0v) is 17.5. The van der Waals surface area contributed by atoms with Crippen molar-refractivity contribution in [1.82, 2.24) is 0 Å². The normalized spacial score (nSPS) is 10.8. The van der Waals surface area contributed by atoms with Crippen LogP contribution in [-0.2, 0) is 16.0 Å². The second kappa shape index (κ2) is 10.2. The number of rotatable bonds is 8. The van der Waals surface area contributed by atoms with Crippen LogP contribution in [0.25, 0.3) is 0 Å². The van der Waals surface area contributed by atoms with Crippen LogP contribution >= 0.6 is 0 Å². The fourth-order valence-corrected chi connectivity index (χ4v) is 2.81. The number of ketones is 1. The Balaban J connectivity index is 1.71. The molecule has 32 heavy (non-hydrogen) atoms. The highest BCUT2D eigenvalue weighted by Crippen LogP contribution is 2.35. The van der Waals surface area contributed by atoms with Gasteiger partial charge in [0.25, 0.3) is 0 Å². The van der Waals surface area contributed by atoms with Crippen LogP contribution in [0.5, 0.6) is 11.5 Å². The van der Waals surface area contributed by atoms with Gasteiger partial charge >= 0.3 is 5.97 Å².